The first-order valence-corrected chi connectivity index (χ1v) is 8.04. The Morgan fingerprint density at radius 3 is 2.88 bits per heavy atom. The molecule has 1 aromatic carbocycles. The van der Waals surface area contributed by atoms with E-state index in [2.05, 4.69) is 10.3 Å². The van der Waals surface area contributed by atoms with Crippen LogP contribution in [0.2, 0.25) is 0 Å². The summed E-state index contributed by atoms with van der Waals surface area (Å²) in [7, 11) is 0. The maximum atomic E-state index is 12.7. The van der Waals surface area contributed by atoms with E-state index in [1.165, 1.54) is 0 Å². The van der Waals surface area contributed by atoms with Crippen LogP contribution in [0.15, 0.2) is 53.1 Å². The number of aromatic nitrogens is 1. The van der Waals surface area contributed by atoms with Gasteiger partial charge in [-0.2, -0.15) is 0 Å². The van der Waals surface area contributed by atoms with Crippen molar-refractivity contribution in [2.24, 2.45) is 0 Å². The summed E-state index contributed by atoms with van der Waals surface area (Å²) in [5.41, 5.74) is 1.95. The molecule has 3 rings (SSSR count). The summed E-state index contributed by atoms with van der Waals surface area (Å²) in [5.74, 6) is 0.481. The van der Waals surface area contributed by atoms with Gasteiger partial charge in [0.1, 0.15) is 5.69 Å². The summed E-state index contributed by atoms with van der Waals surface area (Å²) < 4.78 is 5.42. The number of amides is 1. The van der Waals surface area contributed by atoms with Gasteiger partial charge in [0.2, 0.25) is 0 Å². The Hall–Kier alpha value is -2.66. The molecular weight excluding hydrogens is 304 g/mol. The summed E-state index contributed by atoms with van der Waals surface area (Å²) in [5, 5.41) is 12.7. The van der Waals surface area contributed by atoms with Crippen LogP contribution in [0.25, 0.3) is 22.4 Å². The van der Waals surface area contributed by atoms with E-state index in [0.29, 0.717) is 23.4 Å². The fraction of sp³-hybridized carbons (Fsp3) is 0.263. The van der Waals surface area contributed by atoms with Crippen LogP contribution in [0.3, 0.4) is 0 Å². The standard InChI is InChI=1S/C19H20N2O3/c1-13(6-4-10-22)20-19(23)15-12-17(18-9-5-11-24-18)21-16-8-3-2-7-14(15)16/h2-3,5,7-9,11-13,22H,4,6,10H2,1H3,(H,20,23). The van der Waals surface area contributed by atoms with E-state index in [9.17, 15) is 4.79 Å². The zero-order valence-corrected chi connectivity index (χ0v) is 13.5. The number of aliphatic hydroxyl groups excluding tert-OH is 1. The van der Waals surface area contributed by atoms with Crippen molar-refractivity contribution in [1.82, 2.24) is 10.3 Å². The number of pyridine rings is 1. The first kappa shape index (κ1) is 16.2. The van der Waals surface area contributed by atoms with Crippen molar-refractivity contribution >= 4 is 16.8 Å². The molecule has 0 aliphatic carbocycles. The van der Waals surface area contributed by atoms with E-state index in [4.69, 9.17) is 9.52 Å². The van der Waals surface area contributed by atoms with Crippen molar-refractivity contribution in [3.05, 3.63) is 54.3 Å². The highest BCUT2D eigenvalue weighted by atomic mass is 16.3. The van der Waals surface area contributed by atoms with Gasteiger partial charge in [-0.1, -0.05) is 18.2 Å². The number of hydrogen-bond acceptors (Lipinski definition) is 4. The smallest absolute Gasteiger partial charge is 0.252 e. The van der Waals surface area contributed by atoms with E-state index in [0.717, 1.165) is 17.3 Å². The number of benzene rings is 1. The van der Waals surface area contributed by atoms with Crippen LogP contribution in [-0.2, 0) is 0 Å². The second-order valence-electron chi connectivity index (χ2n) is 5.79. The van der Waals surface area contributed by atoms with Gasteiger partial charge in [-0.25, -0.2) is 4.98 Å². The summed E-state index contributed by atoms with van der Waals surface area (Å²) in [4.78, 5) is 17.3. The number of furan rings is 1. The third-order valence-electron chi connectivity index (χ3n) is 3.91. The summed E-state index contributed by atoms with van der Waals surface area (Å²) in [6.07, 6.45) is 2.98. The molecule has 3 aromatic rings. The lowest BCUT2D eigenvalue weighted by Gasteiger charge is -2.15. The van der Waals surface area contributed by atoms with Gasteiger partial charge in [0.05, 0.1) is 17.3 Å². The Morgan fingerprint density at radius 1 is 1.29 bits per heavy atom. The molecule has 0 bridgehead atoms. The van der Waals surface area contributed by atoms with Gasteiger partial charge >= 0.3 is 0 Å². The number of hydrogen-bond donors (Lipinski definition) is 2. The largest absolute Gasteiger partial charge is 0.463 e. The molecule has 0 saturated carbocycles. The van der Waals surface area contributed by atoms with Gasteiger partial charge < -0.3 is 14.8 Å². The average Bonchev–Trinajstić information content (AvgIpc) is 3.13. The number of nitrogens with zero attached hydrogens (tertiary/aromatic N) is 1. The zero-order valence-electron chi connectivity index (χ0n) is 13.5. The van der Waals surface area contributed by atoms with Crippen molar-refractivity contribution in [2.75, 3.05) is 6.61 Å². The number of nitrogens with one attached hydrogen (secondary N) is 1. The Bertz CT molecular complexity index is 828. The lowest BCUT2D eigenvalue weighted by Crippen LogP contribution is -2.32. The van der Waals surface area contributed by atoms with Gasteiger partial charge in [0.25, 0.3) is 5.91 Å². The number of rotatable bonds is 6. The Labute approximate surface area is 140 Å². The molecule has 24 heavy (non-hydrogen) atoms. The van der Waals surface area contributed by atoms with Crippen LogP contribution in [0.4, 0.5) is 0 Å². The lowest BCUT2D eigenvalue weighted by molar-refractivity contribution is 0.0938. The Balaban J connectivity index is 1.97. The molecule has 2 N–H and O–H groups in total. The minimum Gasteiger partial charge on any atom is -0.463 e. The van der Waals surface area contributed by atoms with Crippen LogP contribution < -0.4 is 5.32 Å². The van der Waals surface area contributed by atoms with E-state index < -0.39 is 0 Å². The van der Waals surface area contributed by atoms with Crippen molar-refractivity contribution in [2.45, 2.75) is 25.8 Å². The molecule has 2 aromatic heterocycles. The maximum absolute atomic E-state index is 12.7. The van der Waals surface area contributed by atoms with Crippen molar-refractivity contribution < 1.29 is 14.3 Å². The quantitative estimate of drug-likeness (QED) is 0.729. The summed E-state index contributed by atoms with van der Waals surface area (Å²) in [6, 6.07) is 12.9. The normalized spacial score (nSPS) is 12.2. The van der Waals surface area contributed by atoms with Gasteiger partial charge in [-0.05, 0) is 44.0 Å². The van der Waals surface area contributed by atoms with Crippen molar-refractivity contribution in [3.63, 3.8) is 0 Å². The van der Waals surface area contributed by atoms with Crippen LogP contribution in [-0.4, -0.2) is 28.6 Å². The third kappa shape index (κ3) is 3.46. The minimum absolute atomic E-state index is 0.0105. The SMILES string of the molecule is CC(CCCO)NC(=O)c1cc(-c2ccco2)nc2ccccc12. The Morgan fingerprint density at radius 2 is 2.12 bits per heavy atom. The monoisotopic (exact) mass is 324 g/mol. The molecule has 0 aliphatic rings. The summed E-state index contributed by atoms with van der Waals surface area (Å²) in [6.45, 7) is 2.06. The van der Waals surface area contributed by atoms with Crippen LogP contribution in [0, 0.1) is 0 Å². The second kappa shape index (κ2) is 7.27. The molecule has 1 unspecified atom stereocenters. The lowest BCUT2D eigenvalue weighted by atomic mass is 10.1. The first-order valence-electron chi connectivity index (χ1n) is 8.04. The van der Waals surface area contributed by atoms with Gasteiger partial charge in [-0.3, -0.25) is 4.79 Å². The molecule has 0 saturated heterocycles. The molecule has 0 spiro atoms. The number of fused-ring (bicyclic) bond motifs is 1. The fourth-order valence-corrected chi connectivity index (χ4v) is 2.68. The van der Waals surface area contributed by atoms with Gasteiger partial charge in [-0.15, -0.1) is 0 Å². The fourth-order valence-electron chi connectivity index (χ4n) is 2.68. The number of carbonyl (C=O) groups excluding carboxylic acids is 1. The second-order valence-corrected chi connectivity index (χ2v) is 5.79. The highest BCUT2D eigenvalue weighted by Crippen LogP contribution is 2.25. The third-order valence-corrected chi connectivity index (χ3v) is 3.91. The van der Waals surface area contributed by atoms with Crippen LogP contribution >= 0.6 is 0 Å². The molecular formula is C19H20N2O3. The van der Waals surface area contributed by atoms with Gasteiger partial charge in [0, 0.05) is 18.0 Å². The molecule has 0 radical (unpaired) electrons. The van der Waals surface area contributed by atoms with Crippen LogP contribution in [0.1, 0.15) is 30.1 Å². The topological polar surface area (TPSA) is 75.4 Å². The van der Waals surface area contributed by atoms with E-state index in [1.54, 1.807) is 18.4 Å². The maximum Gasteiger partial charge on any atom is 0.252 e. The molecule has 1 amide bonds. The molecule has 1 atom stereocenters. The highest BCUT2D eigenvalue weighted by Gasteiger charge is 2.16. The molecule has 5 nitrogen and oxygen atoms in total. The van der Waals surface area contributed by atoms with E-state index in [1.807, 2.05) is 37.3 Å². The molecule has 2 heterocycles. The van der Waals surface area contributed by atoms with E-state index >= 15 is 0 Å². The van der Waals surface area contributed by atoms with Crippen molar-refractivity contribution in [1.29, 1.82) is 0 Å². The predicted octanol–water partition coefficient (Wildman–Crippen LogP) is 3.39. The number of carbonyl (C=O) groups is 1. The molecule has 124 valence electrons. The average molecular weight is 324 g/mol. The van der Waals surface area contributed by atoms with Crippen molar-refractivity contribution in [3.8, 4) is 11.5 Å². The minimum atomic E-state index is -0.146. The van der Waals surface area contributed by atoms with Crippen LogP contribution in [0.5, 0.6) is 0 Å². The Kier molecular flexibility index (Phi) is 4.91. The highest BCUT2D eigenvalue weighted by molar-refractivity contribution is 6.07. The summed E-state index contributed by atoms with van der Waals surface area (Å²) >= 11 is 0. The van der Waals surface area contributed by atoms with Gasteiger partial charge in [0.15, 0.2) is 5.76 Å². The first-order chi connectivity index (χ1) is 11.7. The molecule has 0 fully saturated rings. The molecule has 0 aliphatic heterocycles. The van der Waals surface area contributed by atoms with E-state index in [-0.39, 0.29) is 18.6 Å². The number of aliphatic hydroxyl groups is 1. The number of para-hydroxylation sites is 1. The molecule has 5 heteroatoms. The zero-order chi connectivity index (χ0) is 16.9. The predicted molar refractivity (Wildman–Crippen MR) is 92.7 cm³/mol.